The highest BCUT2D eigenvalue weighted by atomic mass is 16.5. The molecule has 2 rings (SSSR count). The van der Waals surface area contributed by atoms with Crippen molar-refractivity contribution in [1.29, 1.82) is 0 Å². The second-order valence-electron chi connectivity index (χ2n) is 5.42. The van der Waals surface area contributed by atoms with E-state index in [-0.39, 0.29) is 6.42 Å². The van der Waals surface area contributed by atoms with Crippen LogP contribution in [0.1, 0.15) is 23.1 Å². The molecule has 0 saturated heterocycles. The first-order valence-electron chi connectivity index (χ1n) is 7.69. The largest absolute Gasteiger partial charge is 0.490 e. The average Bonchev–Trinajstić information content (AvgIpc) is 2.52. The summed E-state index contributed by atoms with van der Waals surface area (Å²) in [7, 11) is 0. The third-order valence-electron chi connectivity index (χ3n) is 3.58. The van der Waals surface area contributed by atoms with Gasteiger partial charge in [-0.25, -0.2) is 0 Å². The van der Waals surface area contributed by atoms with Crippen LogP contribution in [-0.4, -0.2) is 24.3 Å². The van der Waals surface area contributed by atoms with Gasteiger partial charge in [0, 0.05) is 6.42 Å². The quantitative estimate of drug-likeness (QED) is 0.753. The van der Waals surface area contributed by atoms with E-state index in [4.69, 9.17) is 14.6 Å². The molecule has 0 atom stereocenters. The summed E-state index contributed by atoms with van der Waals surface area (Å²) in [5, 5.41) is 8.80. The minimum absolute atomic E-state index is 0.0965. The van der Waals surface area contributed by atoms with Crippen LogP contribution < -0.4 is 9.47 Å². The van der Waals surface area contributed by atoms with Gasteiger partial charge in [-0.3, -0.25) is 4.79 Å². The second-order valence-corrected chi connectivity index (χ2v) is 5.42. The highest BCUT2D eigenvalue weighted by molar-refractivity contribution is 5.67. The van der Waals surface area contributed by atoms with E-state index in [9.17, 15) is 4.79 Å². The second kappa shape index (κ2) is 8.22. The molecule has 23 heavy (non-hydrogen) atoms. The standard InChI is InChI=1S/C19H22O4/c1-14-6-5-7-15(2)19(14)23-13-12-22-17-9-4-3-8-16(17)10-11-18(20)21/h3-9H,10-13H2,1-2H3,(H,20,21). The summed E-state index contributed by atoms with van der Waals surface area (Å²) in [5.41, 5.74) is 3.11. The van der Waals surface area contributed by atoms with Gasteiger partial charge in [0.25, 0.3) is 0 Å². The van der Waals surface area contributed by atoms with E-state index in [1.165, 1.54) is 0 Å². The van der Waals surface area contributed by atoms with E-state index in [0.717, 1.165) is 28.2 Å². The van der Waals surface area contributed by atoms with E-state index in [1.807, 2.05) is 56.3 Å². The van der Waals surface area contributed by atoms with Crippen molar-refractivity contribution in [2.75, 3.05) is 13.2 Å². The summed E-state index contributed by atoms with van der Waals surface area (Å²) in [6, 6.07) is 13.6. The van der Waals surface area contributed by atoms with Crippen molar-refractivity contribution >= 4 is 5.97 Å². The third kappa shape index (κ3) is 5.02. The molecule has 0 aliphatic heterocycles. The van der Waals surface area contributed by atoms with E-state index >= 15 is 0 Å². The van der Waals surface area contributed by atoms with Gasteiger partial charge in [-0.1, -0.05) is 36.4 Å². The molecule has 1 N–H and O–H groups in total. The number of benzene rings is 2. The van der Waals surface area contributed by atoms with Gasteiger partial charge >= 0.3 is 5.97 Å². The summed E-state index contributed by atoms with van der Waals surface area (Å²) < 4.78 is 11.6. The molecule has 0 saturated carbocycles. The van der Waals surface area contributed by atoms with Crippen LogP contribution in [0.3, 0.4) is 0 Å². The molecule has 0 heterocycles. The number of carboxylic acids is 1. The zero-order chi connectivity index (χ0) is 16.7. The van der Waals surface area contributed by atoms with Crippen molar-refractivity contribution in [2.24, 2.45) is 0 Å². The molecule has 0 aliphatic rings. The summed E-state index contributed by atoms with van der Waals surface area (Å²) in [5.74, 6) is 0.812. The van der Waals surface area contributed by atoms with E-state index in [0.29, 0.717) is 19.6 Å². The molecule has 0 spiro atoms. The summed E-state index contributed by atoms with van der Waals surface area (Å²) >= 11 is 0. The van der Waals surface area contributed by atoms with E-state index < -0.39 is 5.97 Å². The Morgan fingerprint density at radius 1 is 0.957 bits per heavy atom. The van der Waals surface area contributed by atoms with Crippen molar-refractivity contribution in [2.45, 2.75) is 26.7 Å². The number of carbonyl (C=O) groups is 1. The third-order valence-corrected chi connectivity index (χ3v) is 3.58. The number of aliphatic carboxylic acids is 1. The Hall–Kier alpha value is -2.49. The first kappa shape index (κ1) is 16.9. The van der Waals surface area contributed by atoms with Gasteiger partial charge in [0.2, 0.25) is 0 Å². The van der Waals surface area contributed by atoms with Gasteiger partial charge in [-0.05, 0) is 43.0 Å². The van der Waals surface area contributed by atoms with E-state index in [1.54, 1.807) is 0 Å². The lowest BCUT2D eigenvalue weighted by atomic mass is 10.1. The van der Waals surface area contributed by atoms with Gasteiger partial charge in [-0.15, -0.1) is 0 Å². The maximum atomic E-state index is 10.7. The zero-order valence-corrected chi connectivity index (χ0v) is 13.5. The average molecular weight is 314 g/mol. The smallest absolute Gasteiger partial charge is 0.303 e. The van der Waals surface area contributed by atoms with Crippen LogP contribution in [0.15, 0.2) is 42.5 Å². The first-order chi connectivity index (χ1) is 11.1. The topological polar surface area (TPSA) is 55.8 Å². The molecule has 0 amide bonds. The Bertz CT molecular complexity index is 644. The Morgan fingerprint density at radius 3 is 2.30 bits per heavy atom. The molecule has 0 aliphatic carbocycles. The molecule has 4 heteroatoms. The van der Waals surface area contributed by atoms with E-state index in [2.05, 4.69) is 0 Å². The van der Waals surface area contributed by atoms with Crippen LogP contribution in [0.2, 0.25) is 0 Å². The van der Waals surface area contributed by atoms with Crippen molar-refractivity contribution in [1.82, 2.24) is 0 Å². The highest BCUT2D eigenvalue weighted by Crippen LogP contribution is 2.23. The Kier molecular flexibility index (Phi) is 6.03. The molecule has 0 radical (unpaired) electrons. The van der Waals surface area contributed by atoms with Crippen molar-refractivity contribution < 1.29 is 19.4 Å². The summed E-state index contributed by atoms with van der Waals surface area (Å²) in [4.78, 5) is 10.7. The van der Waals surface area contributed by atoms with Gasteiger partial charge in [0.05, 0.1) is 0 Å². The molecule has 4 nitrogen and oxygen atoms in total. The maximum Gasteiger partial charge on any atom is 0.303 e. The molecule has 122 valence electrons. The normalized spacial score (nSPS) is 10.3. The predicted molar refractivity (Wildman–Crippen MR) is 89.3 cm³/mol. The van der Waals surface area contributed by atoms with Crippen LogP contribution in [-0.2, 0) is 11.2 Å². The zero-order valence-electron chi connectivity index (χ0n) is 13.5. The van der Waals surface area contributed by atoms with Crippen molar-refractivity contribution in [3.05, 3.63) is 59.2 Å². The number of hydrogen-bond acceptors (Lipinski definition) is 3. The van der Waals surface area contributed by atoms with Crippen molar-refractivity contribution in [3.8, 4) is 11.5 Å². The molecule has 0 aromatic heterocycles. The number of hydrogen-bond donors (Lipinski definition) is 1. The molecule has 0 bridgehead atoms. The minimum Gasteiger partial charge on any atom is -0.490 e. The molecular formula is C19H22O4. The maximum absolute atomic E-state index is 10.7. The lowest BCUT2D eigenvalue weighted by Gasteiger charge is -2.14. The SMILES string of the molecule is Cc1cccc(C)c1OCCOc1ccccc1CCC(=O)O. The lowest BCUT2D eigenvalue weighted by Crippen LogP contribution is -2.11. The number of aryl methyl sites for hydroxylation is 3. The van der Waals surface area contributed by atoms with Gasteiger partial charge in [0.1, 0.15) is 24.7 Å². The van der Waals surface area contributed by atoms with Gasteiger partial charge < -0.3 is 14.6 Å². The van der Waals surface area contributed by atoms with Crippen LogP contribution in [0, 0.1) is 13.8 Å². The van der Waals surface area contributed by atoms with Gasteiger partial charge in [0.15, 0.2) is 0 Å². The monoisotopic (exact) mass is 314 g/mol. The lowest BCUT2D eigenvalue weighted by molar-refractivity contribution is -0.136. The fourth-order valence-electron chi connectivity index (χ4n) is 2.41. The Labute approximate surface area is 136 Å². The summed E-state index contributed by atoms with van der Waals surface area (Å²) in [6.07, 6.45) is 0.558. The number of para-hydroxylation sites is 2. The highest BCUT2D eigenvalue weighted by Gasteiger charge is 2.07. The molecular weight excluding hydrogens is 292 g/mol. The first-order valence-corrected chi connectivity index (χ1v) is 7.69. The molecule has 2 aromatic rings. The molecule has 0 fully saturated rings. The fraction of sp³-hybridized carbons (Fsp3) is 0.316. The van der Waals surface area contributed by atoms with Crippen molar-refractivity contribution in [3.63, 3.8) is 0 Å². The predicted octanol–water partition coefficient (Wildman–Crippen LogP) is 3.78. The van der Waals surface area contributed by atoms with Crippen LogP contribution >= 0.6 is 0 Å². The van der Waals surface area contributed by atoms with Crippen LogP contribution in [0.5, 0.6) is 11.5 Å². The number of carboxylic acid groups (broad SMARTS) is 1. The van der Waals surface area contributed by atoms with Gasteiger partial charge in [-0.2, -0.15) is 0 Å². The fourth-order valence-corrected chi connectivity index (χ4v) is 2.41. The molecule has 2 aromatic carbocycles. The molecule has 0 unspecified atom stereocenters. The Balaban J connectivity index is 1.88. The van der Waals surface area contributed by atoms with Crippen LogP contribution in [0.25, 0.3) is 0 Å². The number of ether oxygens (including phenoxy) is 2. The summed E-state index contributed by atoms with van der Waals surface area (Å²) in [6.45, 7) is 4.89. The Morgan fingerprint density at radius 2 is 1.61 bits per heavy atom. The minimum atomic E-state index is -0.807. The van der Waals surface area contributed by atoms with Crippen LogP contribution in [0.4, 0.5) is 0 Å². The number of rotatable bonds is 8.